The van der Waals surface area contributed by atoms with Crippen LogP contribution in [-0.2, 0) is 0 Å². The van der Waals surface area contributed by atoms with Crippen LogP contribution in [0.5, 0.6) is 0 Å². The molecule has 1 aromatic heterocycles. The Bertz CT molecular complexity index is 271. The zero-order valence-corrected chi connectivity index (χ0v) is 6.49. The number of Topliss-reactive ketones (excluding diaryl/α,β-unsaturated/α-hetero) is 1. The molecule has 2 nitrogen and oxygen atoms in total. The number of hydrogen-bond donors (Lipinski definition) is 0. The van der Waals surface area contributed by atoms with Crippen LogP contribution < -0.4 is 0 Å². The van der Waals surface area contributed by atoms with Gasteiger partial charge in [-0.2, -0.15) is 0 Å². The number of carbonyl (C=O) groups excluding carboxylic acids is 1. The van der Waals surface area contributed by atoms with Gasteiger partial charge in [0.1, 0.15) is 5.69 Å². The van der Waals surface area contributed by atoms with Gasteiger partial charge in [-0.3, -0.25) is 4.79 Å². The Balaban J connectivity index is 2.90. The molecular formula is C6H5F2NOS. The lowest BCUT2D eigenvalue weighted by atomic mass is 10.4. The highest BCUT2D eigenvalue weighted by Gasteiger charge is 2.13. The Labute approximate surface area is 65.9 Å². The summed E-state index contributed by atoms with van der Waals surface area (Å²) < 4.78 is 23.8. The summed E-state index contributed by atoms with van der Waals surface area (Å²) in [6.07, 6.45) is -2.58. The number of rotatable bonds is 2. The van der Waals surface area contributed by atoms with E-state index in [9.17, 15) is 13.6 Å². The van der Waals surface area contributed by atoms with Crippen LogP contribution in [0.3, 0.4) is 0 Å². The maximum atomic E-state index is 11.9. The summed E-state index contributed by atoms with van der Waals surface area (Å²) in [6.45, 7) is 1.30. The minimum atomic E-state index is -2.58. The van der Waals surface area contributed by atoms with E-state index in [0.717, 1.165) is 11.3 Å². The number of alkyl halides is 2. The van der Waals surface area contributed by atoms with Gasteiger partial charge in [0.15, 0.2) is 10.8 Å². The first-order chi connectivity index (χ1) is 5.11. The van der Waals surface area contributed by atoms with Crippen molar-refractivity contribution in [3.63, 3.8) is 0 Å². The van der Waals surface area contributed by atoms with Crippen molar-refractivity contribution in [2.75, 3.05) is 0 Å². The number of carbonyl (C=O) groups is 1. The zero-order chi connectivity index (χ0) is 8.43. The molecule has 0 aliphatic heterocycles. The quantitative estimate of drug-likeness (QED) is 0.648. The second-order valence-electron chi connectivity index (χ2n) is 1.93. The Hall–Kier alpha value is -0.840. The van der Waals surface area contributed by atoms with Gasteiger partial charge in [-0.1, -0.05) is 0 Å². The molecule has 11 heavy (non-hydrogen) atoms. The van der Waals surface area contributed by atoms with Crippen LogP contribution in [0.15, 0.2) is 5.38 Å². The Kier molecular flexibility index (Phi) is 2.28. The average Bonchev–Trinajstić information content (AvgIpc) is 2.33. The Morgan fingerprint density at radius 3 is 2.64 bits per heavy atom. The molecule has 60 valence electrons. The standard InChI is InChI=1S/C6H5F2NOS/c1-3(10)4-2-11-6(9-4)5(7)8/h2,5H,1H3. The van der Waals surface area contributed by atoms with E-state index in [1.165, 1.54) is 12.3 Å². The van der Waals surface area contributed by atoms with Gasteiger partial charge in [-0.15, -0.1) is 11.3 Å². The summed E-state index contributed by atoms with van der Waals surface area (Å²) in [5, 5.41) is 1.04. The van der Waals surface area contributed by atoms with Crippen molar-refractivity contribution in [3.05, 3.63) is 16.1 Å². The third-order valence-corrected chi connectivity index (χ3v) is 1.92. The van der Waals surface area contributed by atoms with Crippen molar-refractivity contribution in [1.29, 1.82) is 0 Å². The first-order valence-corrected chi connectivity index (χ1v) is 3.73. The molecule has 0 aliphatic rings. The molecule has 0 saturated heterocycles. The average molecular weight is 177 g/mol. The highest BCUT2D eigenvalue weighted by atomic mass is 32.1. The molecule has 0 radical (unpaired) electrons. The van der Waals surface area contributed by atoms with Gasteiger partial charge >= 0.3 is 0 Å². The van der Waals surface area contributed by atoms with Gasteiger partial charge in [0, 0.05) is 12.3 Å². The van der Waals surface area contributed by atoms with E-state index >= 15 is 0 Å². The molecule has 0 unspecified atom stereocenters. The number of halogens is 2. The SMILES string of the molecule is CC(=O)c1csc(C(F)F)n1. The second-order valence-corrected chi connectivity index (χ2v) is 2.82. The van der Waals surface area contributed by atoms with Gasteiger partial charge in [0.2, 0.25) is 0 Å². The predicted molar refractivity (Wildman–Crippen MR) is 37.1 cm³/mol. The van der Waals surface area contributed by atoms with E-state index in [0.29, 0.717) is 0 Å². The second kappa shape index (κ2) is 3.04. The molecule has 1 rings (SSSR count). The Morgan fingerprint density at radius 1 is 1.73 bits per heavy atom. The van der Waals surface area contributed by atoms with Crippen LogP contribution in [0, 0.1) is 0 Å². The highest BCUT2D eigenvalue weighted by Crippen LogP contribution is 2.22. The number of ketones is 1. The van der Waals surface area contributed by atoms with Gasteiger partial charge in [-0.25, -0.2) is 13.8 Å². The van der Waals surface area contributed by atoms with Gasteiger partial charge < -0.3 is 0 Å². The van der Waals surface area contributed by atoms with E-state index in [4.69, 9.17) is 0 Å². The molecule has 0 aromatic carbocycles. The number of hydrogen-bond acceptors (Lipinski definition) is 3. The van der Waals surface area contributed by atoms with E-state index in [1.807, 2.05) is 0 Å². The number of thiazole rings is 1. The largest absolute Gasteiger partial charge is 0.293 e. The van der Waals surface area contributed by atoms with Crippen LogP contribution in [0.1, 0.15) is 28.8 Å². The van der Waals surface area contributed by atoms with Crippen LogP contribution >= 0.6 is 11.3 Å². The van der Waals surface area contributed by atoms with Gasteiger partial charge in [0.25, 0.3) is 6.43 Å². The van der Waals surface area contributed by atoms with Crippen molar-refractivity contribution in [2.45, 2.75) is 13.3 Å². The minimum absolute atomic E-state index is 0.116. The fourth-order valence-corrected chi connectivity index (χ4v) is 1.25. The van der Waals surface area contributed by atoms with E-state index in [-0.39, 0.29) is 16.5 Å². The number of nitrogens with zero attached hydrogens (tertiary/aromatic N) is 1. The molecule has 1 aromatic rings. The van der Waals surface area contributed by atoms with Crippen molar-refractivity contribution >= 4 is 17.1 Å². The maximum Gasteiger partial charge on any atom is 0.289 e. The molecule has 0 spiro atoms. The van der Waals surface area contributed by atoms with E-state index < -0.39 is 6.43 Å². The topological polar surface area (TPSA) is 30.0 Å². The monoisotopic (exact) mass is 177 g/mol. The molecule has 0 bridgehead atoms. The van der Waals surface area contributed by atoms with E-state index in [1.54, 1.807) is 0 Å². The molecule has 0 N–H and O–H groups in total. The third-order valence-electron chi connectivity index (χ3n) is 1.07. The molecule has 0 fully saturated rings. The molecule has 5 heteroatoms. The van der Waals surface area contributed by atoms with Crippen LogP contribution in [0.2, 0.25) is 0 Å². The predicted octanol–water partition coefficient (Wildman–Crippen LogP) is 2.28. The fourth-order valence-electron chi connectivity index (χ4n) is 0.550. The fraction of sp³-hybridized carbons (Fsp3) is 0.333. The molecular weight excluding hydrogens is 172 g/mol. The van der Waals surface area contributed by atoms with Crippen LogP contribution in [0.25, 0.3) is 0 Å². The smallest absolute Gasteiger partial charge is 0.289 e. The lowest BCUT2D eigenvalue weighted by Crippen LogP contribution is -1.92. The molecule has 0 atom stereocenters. The van der Waals surface area contributed by atoms with Crippen molar-refractivity contribution < 1.29 is 13.6 Å². The summed E-state index contributed by atoms with van der Waals surface area (Å²) >= 11 is 0.804. The van der Waals surface area contributed by atoms with Crippen molar-refractivity contribution in [3.8, 4) is 0 Å². The molecule has 0 amide bonds. The van der Waals surface area contributed by atoms with Crippen LogP contribution in [0.4, 0.5) is 8.78 Å². The van der Waals surface area contributed by atoms with E-state index in [2.05, 4.69) is 4.98 Å². The maximum absolute atomic E-state index is 11.9. The molecule has 0 saturated carbocycles. The summed E-state index contributed by atoms with van der Waals surface area (Å²) in [5.41, 5.74) is 0.116. The first kappa shape index (κ1) is 8.26. The third kappa shape index (κ3) is 1.80. The summed E-state index contributed by atoms with van der Waals surface area (Å²) in [6, 6.07) is 0. The number of aromatic nitrogens is 1. The van der Waals surface area contributed by atoms with Gasteiger partial charge in [0.05, 0.1) is 0 Å². The van der Waals surface area contributed by atoms with Crippen LogP contribution in [-0.4, -0.2) is 10.8 Å². The minimum Gasteiger partial charge on any atom is -0.293 e. The van der Waals surface area contributed by atoms with Gasteiger partial charge in [-0.05, 0) is 0 Å². The normalized spacial score (nSPS) is 10.5. The summed E-state index contributed by atoms with van der Waals surface area (Å²) in [5.74, 6) is -0.284. The molecule has 0 aliphatic carbocycles. The van der Waals surface area contributed by atoms with Crippen molar-refractivity contribution in [2.24, 2.45) is 0 Å². The highest BCUT2D eigenvalue weighted by molar-refractivity contribution is 7.09. The molecule has 1 heterocycles. The Morgan fingerprint density at radius 2 is 2.36 bits per heavy atom. The summed E-state index contributed by atoms with van der Waals surface area (Å²) in [4.78, 5) is 14.0. The summed E-state index contributed by atoms with van der Waals surface area (Å²) in [7, 11) is 0. The van der Waals surface area contributed by atoms with Crippen molar-refractivity contribution in [1.82, 2.24) is 4.98 Å². The first-order valence-electron chi connectivity index (χ1n) is 2.85. The zero-order valence-electron chi connectivity index (χ0n) is 5.67. The lowest BCUT2D eigenvalue weighted by molar-refractivity contribution is 0.101. The lowest BCUT2D eigenvalue weighted by Gasteiger charge is -1.88.